The number of rotatable bonds is 3. The molecule has 0 atom stereocenters. The van der Waals surface area contributed by atoms with Crippen molar-refractivity contribution in [1.29, 1.82) is 0 Å². The standard InChI is InChI=1S/C20H12ClF2N3O3S2/c1-11-8-12(3-6-15(11)21)16-9-17(19(22)23)26-20(25-16)13(10-24-26)2-4-14-5-7-18(30-14)31(27,28)29/h3,5-10,19H,1H3,(H,27,28,29). The highest BCUT2D eigenvalue weighted by atomic mass is 35.5. The van der Waals surface area contributed by atoms with E-state index in [9.17, 15) is 17.2 Å². The van der Waals surface area contributed by atoms with Gasteiger partial charge < -0.3 is 0 Å². The van der Waals surface area contributed by atoms with Gasteiger partial charge in [0.25, 0.3) is 6.43 Å². The van der Waals surface area contributed by atoms with Crippen molar-refractivity contribution in [3.63, 3.8) is 0 Å². The molecule has 11 heteroatoms. The molecule has 1 aromatic carbocycles. The summed E-state index contributed by atoms with van der Waals surface area (Å²) >= 11 is 6.84. The van der Waals surface area contributed by atoms with E-state index < -0.39 is 16.5 Å². The maximum Gasteiger partial charge on any atom is 0.304 e. The number of thiophene rings is 1. The van der Waals surface area contributed by atoms with E-state index >= 15 is 0 Å². The number of hydrogen-bond donors (Lipinski definition) is 1. The second kappa shape index (κ2) is 8.01. The third-order valence-electron chi connectivity index (χ3n) is 4.33. The van der Waals surface area contributed by atoms with Gasteiger partial charge in [-0.1, -0.05) is 29.5 Å². The van der Waals surface area contributed by atoms with E-state index in [0.717, 1.165) is 21.4 Å². The molecule has 3 heterocycles. The van der Waals surface area contributed by atoms with Crippen LogP contribution < -0.4 is 0 Å². The van der Waals surface area contributed by atoms with Crippen LogP contribution in [-0.2, 0) is 10.1 Å². The van der Waals surface area contributed by atoms with Crippen molar-refractivity contribution < 1.29 is 21.8 Å². The second-order valence-corrected chi connectivity index (χ2v) is 9.61. The largest absolute Gasteiger partial charge is 0.304 e. The lowest BCUT2D eigenvalue weighted by atomic mass is 10.1. The van der Waals surface area contributed by atoms with Gasteiger partial charge in [0.2, 0.25) is 0 Å². The van der Waals surface area contributed by atoms with Crippen molar-refractivity contribution in [3.05, 3.63) is 69.3 Å². The van der Waals surface area contributed by atoms with Crippen LogP contribution in [0.5, 0.6) is 0 Å². The van der Waals surface area contributed by atoms with Gasteiger partial charge >= 0.3 is 10.1 Å². The molecule has 0 unspecified atom stereocenters. The average molecular weight is 480 g/mol. The smallest absolute Gasteiger partial charge is 0.281 e. The van der Waals surface area contributed by atoms with Crippen molar-refractivity contribution in [2.45, 2.75) is 17.6 Å². The van der Waals surface area contributed by atoms with E-state index in [4.69, 9.17) is 16.2 Å². The van der Waals surface area contributed by atoms with Crippen LogP contribution in [0.15, 0.2) is 46.8 Å². The van der Waals surface area contributed by atoms with Gasteiger partial charge in [-0.2, -0.15) is 13.5 Å². The molecular weight excluding hydrogens is 468 g/mol. The van der Waals surface area contributed by atoms with Gasteiger partial charge in [-0.05, 0) is 42.8 Å². The Hall–Kier alpha value is -2.84. The van der Waals surface area contributed by atoms with Crippen LogP contribution >= 0.6 is 22.9 Å². The number of fused-ring (bicyclic) bond motifs is 1. The minimum Gasteiger partial charge on any atom is -0.281 e. The third-order valence-corrected chi connectivity index (χ3v) is 7.08. The zero-order chi connectivity index (χ0) is 22.3. The lowest BCUT2D eigenvalue weighted by molar-refractivity contribution is 0.143. The van der Waals surface area contributed by atoms with Crippen LogP contribution in [0.3, 0.4) is 0 Å². The van der Waals surface area contributed by atoms with Gasteiger partial charge in [0.15, 0.2) is 5.65 Å². The first-order valence-corrected chi connectivity index (χ1v) is 11.3. The van der Waals surface area contributed by atoms with Crippen LogP contribution in [0.25, 0.3) is 16.9 Å². The van der Waals surface area contributed by atoms with Crippen LogP contribution in [0.1, 0.15) is 28.1 Å². The molecule has 0 aliphatic heterocycles. The number of halogens is 3. The van der Waals surface area contributed by atoms with Crippen molar-refractivity contribution in [2.75, 3.05) is 0 Å². The molecule has 0 bridgehead atoms. The normalized spacial score (nSPS) is 11.7. The van der Waals surface area contributed by atoms with Crippen LogP contribution in [0, 0.1) is 18.8 Å². The number of aryl methyl sites for hydroxylation is 1. The van der Waals surface area contributed by atoms with Crippen molar-refractivity contribution in [1.82, 2.24) is 14.6 Å². The van der Waals surface area contributed by atoms with Gasteiger partial charge in [-0.3, -0.25) is 4.55 Å². The molecule has 0 fully saturated rings. The lowest BCUT2D eigenvalue weighted by Crippen LogP contribution is -2.02. The highest BCUT2D eigenvalue weighted by Crippen LogP contribution is 2.29. The summed E-state index contributed by atoms with van der Waals surface area (Å²) in [4.78, 5) is 4.83. The summed E-state index contributed by atoms with van der Waals surface area (Å²) in [5.41, 5.74) is 1.79. The Morgan fingerprint density at radius 3 is 2.61 bits per heavy atom. The molecular formula is C20H12ClF2N3O3S2. The molecule has 6 nitrogen and oxygen atoms in total. The first-order chi connectivity index (χ1) is 14.6. The predicted octanol–water partition coefficient (Wildman–Crippen LogP) is 5.00. The van der Waals surface area contributed by atoms with E-state index in [1.165, 1.54) is 24.4 Å². The molecule has 0 spiro atoms. The monoisotopic (exact) mass is 479 g/mol. The zero-order valence-electron chi connectivity index (χ0n) is 15.7. The van der Waals surface area contributed by atoms with Gasteiger partial charge in [0.1, 0.15) is 9.90 Å². The maximum atomic E-state index is 13.7. The minimum absolute atomic E-state index is 0.138. The van der Waals surface area contributed by atoms with Crippen LogP contribution in [-0.4, -0.2) is 27.6 Å². The summed E-state index contributed by atoms with van der Waals surface area (Å²) in [6.45, 7) is 1.80. The minimum atomic E-state index is -4.32. The van der Waals surface area contributed by atoms with E-state index in [1.54, 1.807) is 25.1 Å². The first kappa shape index (κ1) is 21.4. The fourth-order valence-corrected chi connectivity index (χ4v) is 4.48. The summed E-state index contributed by atoms with van der Waals surface area (Å²) in [5.74, 6) is 5.54. The van der Waals surface area contributed by atoms with Crippen molar-refractivity contribution >= 4 is 38.7 Å². The van der Waals surface area contributed by atoms with Crippen molar-refractivity contribution in [3.8, 4) is 23.1 Å². The highest BCUT2D eigenvalue weighted by Gasteiger charge is 2.18. The molecule has 4 rings (SSSR count). The topological polar surface area (TPSA) is 84.6 Å². The molecule has 0 radical (unpaired) electrons. The van der Waals surface area contributed by atoms with E-state index in [0.29, 0.717) is 21.2 Å². The number of hydrogen-bond acceptors (Lipinski definition) is 5. The predicted molar refractivity (Wildman–Crippen MR) is 113 cm³/mol. The fourth-order valence-electron chi connectivity index (χ4n) is 2.84. The first-order valence-electron chi connectivity index (χ1n) is 8.66. The molecule has 0 aliphatic rings. The van der Waals surface area contributed by atoms with Gasteiger partial charge in [0.05, 0.1) is 22.3 Å². The maximum absolute atomic E-state index is 13.7. The summed E-state index contributed by atoms with van der Waals surface area (Å²) < 4.78 is 59.6. The average Bonchev–Trinajstić information content (AvgIpc) is 3.34. The summed E-state index contributed by atoms with van der Waals surface area (Å²) in [6, 6.07) is 9.04. The lowest BCUT2D eigenvalue weighted by Gasteiger charge is -2.09. The SMILES string of the molecule is Cc1cc(-c2cc(C(F)F)n3ncc(C#Cc4ccc(S(=O)(=O)O)s4)c3n2)ccc1Cl. The van der Waals surface area contributed by atoms with E-state index in [2.05, 4.69) is 21.9 Å². The zero-order valence-corrected chi connectivity index (χ0v) is 18.1. The molecule has 3 aromatic heterocycles. The van der Waals surface area contributed by atoms with Crippen LogP contribution in [0.4, 0.5) is 8.78 Å². The molecule has 0 amide bonds. The Morgan fingerprint density at radius 1 is 1.19 bits per heavy atom. The Kier molecular flexibility index (Phi) is 5.53. The Morgan fingerprint density at radius 2 is 1.97 bits per heavy atom. The number of alkyl halides is 2. The fraction of sp³-hybridized carbons (Fsp3) is 0.100. The van der Waals surface area contributed by atoms with E-state index in [1.807, 2.05) is 0 Å². The number of aromatic nitrogens is 3. The van der Waals surface area contributed by atoms with Gasteiger partial charge in [-0.25, -0.2) is 18.3 Å². The summed E-state index contributed by atoms with van der Waals surface area (Å²) in [7, 11) is -4.32. The molecule has 158 valence electrons. The van der Waals surface area contributed by atoms with E-state index in [-0.39, 0.29) is 21.1 Å². The van der Waals surface area contributed by atoms with Gasteiger partial charge in [-0.15, -0.1) is 11.3 Å². The quantitative estimate of drug-likeness (QED) is 0.330. The van der Waals surface area contributed by atoms with Crippen molar-refractivity contribution in [2.24, 2.45) is 0 Å². The number of benzene rings is 1. The second-order valence-electron chi connectivity index (χ2n) is 6.47. The number of nitrogens with zero attached hydrogens (tertiary/aromatic N) is 3. The molecule has 4 aromatic rings. The summed E-state index contributed by atoms with van der Waals surface area (Å²) in [5, 5.41) is 4.53. The Bertz CT molecular complexity index is 1480. The summed E-state index contributed by atoms with van der Waals surface area (Å²) in [6.07, 6.45) is -1.48. The molecule has 1 N–H and O–H groups in total. The molecule has 0 saturated heterocycles. The third kappa shape index (κ3) is 4.31. The molecule has 31 heavy (non-hydrogen) atoms. The van der Waals surface area contributed by atoms with Gasteiger partial charge in [0, 0.05) is 10.6 Å². The molecule has 0 saturated carbocycles. The van der Waals surface area contributed by atoms with Crippen LogP contribution in [0.2, 0.25) is 5.02 Å². The highest BCUT2D eigenvalue weighted by molar-refractivity contribution is 7.88. The Balaban J connectivity index is 1.84. The molecule has 0 aliphatic carbocycles. The Labute approximate surface area is 184 Å².